The van der Waals surface area contributed by atoms with E-state index in [-0.39, 0.29) is 0 Å². The molecule has 1 aliphatic heterocycles. The van der Waals surface area contributed by atoms with E-state index < -0.39 is 0 Å². The van der Waals surface area contributed by atoms with Crippen LogP contribution in [0.15, 0.2) is 16.7 Å². The first-order valence-electron chi connectivity index (χ1n) is 3.81. The first kappa shape index (κ1) is 8.48. The Kier molecular flexibility index (Phi) is 2.35. The summed E-state index contributed by atoms with van der Waals surface area (Å²) in [6.07, 6.45) is 2.86. The molecule has 2 heterocycles. The number of nitrogens with zero attached hydrogens (tertiary/aromatic N) is 1. The lowest BCUT2D eigenvalue weighted by Crippen LogP contribution is -2.35. The second-order valence-electron chi connectivity index (χ2n) is 2.83. The maximum atomic E-state index is 5.93. The van der Waals surface area contributed by atoms with Gasteiger partial charge in [0.2, 0.25) is 0 Å². The lowest BCUT2D eigenvalue weighted by molar-refractivity contribution is 0.382. The molecule has 12 heavy (non-hydrogen) atoms. The Hall–Kier alpha value is -0.120. The number of hydrogen-bond acceptors (Lipinski definition) is 2. The highest BCUT2D eigenvalue weighted by Crippen LogP contribution is 2.29. The third-order valence-electron chi connectivity index (χ3n) is 2.03. The highest BCUT2D eigenvalue weighted by molar-refractivity contribution is 9.10. The fourth-order valence-electron chi connectivity index (χ4n) is 1.24. The maximum absolute atomic E-state index is 5.93. The second-order valence-corrected chi connectivity index (χ2v) is 4.10. The summed E-state index contributed by atoms with van der Waals surface area (Å²) < 4.78 is 0.982. The SMILES string of the molecule is Clc1ncc(Br)cc1C1CCN1. The fraction of sp³-hybridized carbons (Fsp3) is 0.375. The molecule has 64 valence electrons. The monoisotopic (exact) mass is 246 g/mol. The molecule has 1 aromatic heterocycles. The molecule has 1 N–H and O–H groups in total. The maximum Gasteiger partial charge on any atom is 0.133 e. The lowest BCUT2D eigenvalue weighted by Gasteiger charge is -2.28. The molecule has 1 unspecified atom stereocenters. The average Bonchev–Trinajstić information content (AvgIpc) is 1.93. The fourth-order valence-corrected chi connectivity index (χ4v) is 1.82. The standard InChI is InChI=1S/C8H8BrClN2/c9-5-3-6(7-1-2-11-7)8(10)12-4-5/h3-4,7,11H,1-2H2. The molecule has 1 atom stereocenters. The van der Waals surface area contributed by atoms with Crippen LogP contribution in [0.1, 0.15) is 18.0 Å². The van der Waals surface area contributed by atoms with Crippen LogP contribution in [0.5, 0.6) is 0 Å². The van der Waals surface area contributed by atoms with E-state index in [2.05, 4.69) is 26.2 Å². The van der Waals surface area contributed by atoms with Crippen molar-refractivity contribution in [2.75, 3.05) is 6.54 Å². The van der Waals surface area contributed by atoms with Crippen molar-refractivity contribution in [3.8, 4) is 0 Å². The Bertz CT molecular complexity index is 299. The van der Waals surface area contributed by atoms with Crippen molar-refractivity contribution < 1.29 is 0 Å². The number of aromatic nitrogens is 1. The Morgan fingerprint density at radius 1 is 1.67 bits per heavy atom. The van der Waals surface area contributed by atoms with Crippen LogP contribution in [0.25, 0.3) is 0 Å². The van der Waals surface area contributed by atoms with Gasteiger partial charge in [0.15, 0.2) is 0 Å². The molecule has 0 aliphatic carbocycles. The van der Waals surface area contributed by atoms with Crippen LogP contribution >= 0.6 is 27.5 Å². The molecule has 2 nitrogen and oxygen atoms in total. The quantitative estimate of drug-likeness (QED) is 0.772. The largest absolute Gasteiger partial charge is 0.310 e. The topological polar surface area (TPSA) is 24.9 Å². The molecule has 0 saturated carbocycles. The van der Waals surface area contributed by atoms with E-state index in [9.17, 15) is 0 Å². The molecule has 1 fully saturated rings. The molecule has 1 aliphatic rings. The average molecular weight is 248 g/mol. The van der Waals surface area contributed by atoms with Crippen LogP contribution in [0, 0.1) is 0 Å². The molecule has 1 saturated heterocycles. The lowest BCUT2D eigenvalue weighted by atomic mass is 10.00. The van der Waals surface area contributed by atoms with Gasteiger partial charge in [0.25, 0.3) is 0 Å². The molecule has 1 aromatic rings. The van der Waals surface area contributed by atoms with Crippen LogP contribution in [0.4, 0.5) is 0 Å². The third kappa shape index (κ3) is 1.49. The minimum absolute atomic E-state index is 0.405. The van der Waals surface area contributed by atoms with Crippen molar-refractivity contribution >= 4 is 27.5 Å². The summed E-state index contributed by atoms with van der Waals surface area (Å²) in [6, 6.07) is 2.43. The zero-order valence-corrected chi connectivity index (χ0v) is 8.69. The summed E-state index contributed by atoms with van der Waals surface area (Å²) in [4.78, 5) is 4.06. The van der Waals surface area contributed by atoms with Crippen molar-refractivity contribution in [3.63, 3.8) is 0 Å². The van der Waals surface area contributed by atoms with Crippen molar-refractivity contribution in [2.24, 2.45) is 0 Å². The van der Waals surface area contributed by atoms with Gasteiger partial charge in [-0.3, -0.25) is 0 Å². The molecular formula is C8H8BrClN2. The van der Waals surface area contributed by atoms with Gasteiger partial charge in [-0.25, -0.2) is 4.98 Å². The summed E-state index contributed by atoms with van der Waals surface area (Å²) in [5.74, 6) is 0. The molecule has 0 aromatic carbocycles. The molecule has 2 rings (SSSR count). The predicted molar refractivity (Wildman–Crippen MR) is 52.3 cm³/mol. The Balaban J connectivity index is 2.34. The summed E-state index contributed by atoms with van der Waals surface area (Å²) in [5.41, 5.74) is 1.09. The summed E-state index contributed by atoms with van der Waals surface area (Å²) >= 11 is 9.30. The van der Waals surface area contributed by atoms with Gasteiger partial charge >= 0.3 is 0 Å². The Morgan fingerprint density at radius 2 is 2.42 bits per heavy atom. The number of nitrogens with one attached hydrogen (secondary N) is 1. The van der Waals surface area contributed by atoms with E-state index in [0.29, 0.717) is 11.2 Å². The van der Waals surface area contributed by atoms with Crippen molar-refractivity contribution in [1.29, 1.82) is 0 Å². The first-order valence-corrected chi connectivity index (χ1v) is 4.99. The van der Waals surface area contributed by atoms with Gasteiger partial charge in [0.05, 0.1) is 0 Å². The van der Waals surface area contributed by atoms with E-state index in [1.807, 2.05) is 6.07 Å². The van der Waals surface area contributed by atoms with Gasteiger partial charge in [-0.1, -0.05) is 11.6 Å². The molecular weight excluding hydrogens is 239 g/mol. The van der Waals surface area contributed by atoms with Gasteiger partial charge in [0, 0.05) is 22.3 Å². The van der Waals surface area contributed by atoms with Crippen LogP contribution in [0.2, 0.25) is 5.15 Å². The Morgan fingerprint density at radius 3 is 3.00 bits per heavy atom. The van der Waals surface area contributed by atoms with Gasteiger partial charge < -0.3 is 5.32 Å². The van der Waals surface area contributed by atoms with Crippen LogP contribution in [0.3, 0.4) is 0 Å². The van der Waals surface area contributed by atoms with Gasteiger partial charge in [-0.2, -0.15) is 0 Å². The van der Waals surface area contributed by atoms with Crippen molar-refractivity contribution in [1.82, 2.24) is 10.3 Å². The van der Waals surface area contributed by atoms with Crippen LogP contribution in [-0.4, -0.2) is 11.5 Å². The minimum atomic E-state index is 0.405. The zero-order chi connectivity index (χ0) is 8.55. The van der Waals surface area contributed by atoms with E-state index in [0.717, 1.165) is 23.0 Å². The van der Waals surface area contributed by atoms with Crippen LogP contribution < -0.4 is 5.32 Å². The molecule has 4 heteroatoms. The molecule has 0 bridgehead atoms. The number of hydrogen-bond donors (Lipinski definition) is 1. The van der Waals surface area contributed by atoms with Gasteiger partial charge in [-0.15, -0.1) is 0 Å². The number of pyridine rings is 1. The van der Waals surface area contributed by atoms with E-state index in [1.54, 1.807) is 6.20 Å². The summed E-state index contributed by atoms with van der Waals surface area (Å²) in [7, 11) is 0. The minimum Gasteiger partial charge on any atom is -0.310 e. The summed E-state index contributed by atoms with van der Waals surface area (Å²) in [6.45, 7) is 1.08. The highest BCUT2D eigenvalue weighted by atomic mass is 79.9. The highest BCUT2D eigenvalue weighted by Gasteiger charge is 2.21. The van der Waals surface area contributed by atoms with E-state index in [4.69, 9.17) is 11.6 Å². The summed E-state index contributed by atoms with van der Waals surface area (Å²) in [5, 5.41) is 3.89. The normalized spacial score (nSPS) is 22.0. The van der Waals surface area contributed by atoms with E-state index >= 15 is 0 Å². The smallest absolute Gasteiger partial charge is 0.133 e. The Labute approximate surface area is 84.5 Å². The van der Waals surface area contributed by atoms with Gasteiger partial charge in [-0.05, 0) is 35.0 Å². The van der Waals surface area contributed by atoms with Gasteiger partial charge in [0.1, 0.15) is 5.15 Å². The van der Waals surface area contributed by atoms with E-state index in [1.165, 1.54) is 0 Å². The number of rotatable bonds is 1. The predicted octanol–water partition coefficient (Wildman–Crippen LogP) is 2.53. The van der Waals surface area contributed by atoms with Crippen molar-refractivity contribution in [2.45, 2.75) is 12.5 Å². The molecule has 0 radical (unpaired) electrons. The van der Waals surface area contributed by atoms with Crippen molar-refractivity contribution in [3.05, 3.63) is 27.5 Å². The zero-order valence-electron chi connectivity index (χ0n) is 6.35. The molecule has 0 spiro atoms. The number of halogens is 2. The molecule has 0 amide bonds. The van der Waals surface area contributed by atoms with Crippen LogP contribution in [-0.2, 0) is 0 Å². The third-order valence-corrected chi connectivity index (χ3v) is 2.78. The first-order chi connectivity index (χ1) is 5.77. The second kappa shape index (κ2) is 3.32.